The number of nitrogens with zero attached hydrogens (tertiary/aromatic N) is 1. The Morgan fingerprint density at radius 2 is 2.30 bits per heavy atom. The van der Waals surface area contributed by atoms with Gasteiger partial charge in [0.1, 0.15) is 9.71 Å². The molecule has 0 aliphatic heterocycles. The van der Waals surface area contributed by atoms with E-state index in [1.165, 1.54) is 11.3 Å². The fraction of sp³-hybridized carbons (Fsp3) is 0.429. The van der Waals surface area contributed by atoms with E-state index in [-0.39, 0.29) is 11.9 Å². The molecule has 0 bridgehead atoms. The monoisotopic (exact) mass is 293 g/mol. The van der Waals surface area contributed by atoms with E-state index >= 15 is 0 Å². The number of nitrogens with two attached hydrogens (primary N) is 1. The van der Waals surface area contributed by atoms with E-state index in [9.17, 15) is 4.79 Å². The summed E-state index contributed by atoms with van der Waals surface area (Å²) in [4.78, 5) is 18.0. The quantitative estimate of drug-likeness (QED) is 0.887. The molecule has 0 aromatic carbocycles. The topological polar surface area (TPSA) is 77.2 Å². The van der Waals surface area contributed by atoms with Crippen LogP contribution in [0.3, 0.4) is 0 Å². The zero-order valence-corrected chi connectivity index (χ0v) is 12.7. The maximum Gasteiger partial charge on any atom is 0.263 e. The van der Waals surface area contributed by atoms with Crippen molar-refractivity contribution in [3.63, 3.8) is 0 Å². The first-order valence-corrected chi connectivity index (χ1v) is 7.30. The van der Waals surface area contributed by atoms with Crippen LogP contribution in [0, 0.1) is 6.92 Å². The van der Waals surface area contributed by atoms with Crippen molar-refractivity contribution in [3.05, 3.63) is 22.7 Å². The minimum absolute atomic E-state index is 0.0433. The number of hydrogen-bond donors (Lipinski definition) is 2. The lowest BCUT2D eigenvalue weighted by molar-refractivity contribution is 0.0934. The van der Waals surface area contributed by atoms with Gasteiger partial charge in [0, 0.05) is 30.8 Å². The summed E-state index contributed by atoms with van der Waals surface area (Å²) in [6.45, 7) is 4.48. The molecule has 108 valence electrons. The Morgan fingerprint density at radius 3 is 3.00 bits per heavy atom. The van der Waals surface area contributed by atoms with Gasteiger partial charge in [-0.1, -0.05) is 0 Å². The summed E-state index contributed by atoms with van der Waals surface area (Å²) >= 11 is 1.33. The first-order chi connectivity index (χ1) is 9.52. The van der Waals surface area contributed by atoms with Crippen LogP contribution in [0.25, 0.3) is 10.2 Å². The predicted molar refractivity (Wildman–Crippen MR) is 82.2 cm³/mol. The van der Waals surface area contributed by atoms with Gasteiger partial charge in [-0.05, 0) is 32.4 Å². The van der Waals surface area contributed by atoms with Crippen molar-refractivity contribution in [2.45, 2.75) is 26.3 Å². The van der Waals surface area contributed by atoms with Crippen LogP contribution in [0.2, 0.25) is 0 Å². The number of nitrogen functional groups attached to an aromatic ring is 1. The van der Waals surface area contributed by atoms with Gasteiger partial charge < -0.3 is 15.8 Å². The molecule has 2 aromatic heterocycles. The zero-order valence-electron chi connectivity index (χ0n) is 11.9. The molecule has 2 aromatic rings. The molecular formula is C14H19N3O2S. The van der Waals surface area contributed by atoms with Gasteiger partial charge in [0.15, 0.2) is 0 Å². The molecule has 1 atom stereocenters. The third-order valence-corrected chi connectivity index (χ3v) is 4.19. The van der Waals surface area contributed by atoms with Gasteiger partial charge >= 0.3 is 0 Å². The molecule has 2 heterocycles. The fourth-order valence-electron chi connectivity index (χ4n) is 1.91. The summed E-state index contributed by atoms with van der Waals surface area (Å²) in [7, 11) is 1.65. The lowest BCUT2D eigenvalue weighted by Gasteiger charge is -2.12. The number of nitrogens with one attached hydrogen (secondary N) is 1. The van der Waals surface area contributed by atoms with E-state index in [0.717, 1.165) is 22.3 Å². The number of hydrogen-bond acceptors (Lipinski definition) is 5. The van der Waals surface area contributed by atoms with Gasteiger partial charge in [-0.3, -0.25) is 4.79 Å². The van der Waals surface area contributed by atoms with Crippen LogP contribution in [0.5, 0.6) is 0 Å². The number of carbonyl (C=O) groups excluding carboxylic acids is 1. The van der Waals surface area contributed by atoms with Crippen LogP contribution in [-0.4, -0.2) is 30.6 Å². The van der Waals surface area contributed by atoms with Crippen molar-refractivity contribution in [1.29, 1.82) is 0 Å². The molecule has 3 N–H and O–H groups in total. The minimum atomic E-state index is -0.147. The van der Waals surface area contributed by atoms with Crippen molar-refractivity contribution < 1.29 is 9.53 Å². The Hall–Kier alpha value is -1.66. The highest BCUT2D eigenvalue weighted by molar-refractivity contribution is 7.21. The largest absolute Gasteiger partial charge is 0.397 e. The second-order valence-electron chi connectivity index (χ2n) is 4.81. The maximum absolute atomic E-state index is 12.2. The Balaban J connectivity index is 2.20. The minimum Gasteiger partial charge on any atom is -0.397 e. The fourth-order valence-corrected chi connectivity index (χ4v) is 2.96. The number of rotatable bonds is 5. The predicted octanol–water partition coefficient (Wildman–Crippen LogP) is 2.34. The molecule has 6 heteroatoms. The van der Waals surface area contributed by atoms with Crippen LogP contribution in [-0.2, 0) is 4.74 Å². The Kier molecular flexibility index (Phi) is 4.57. The second kappa shape index (κ2) is 6.19. The standard InChI is InChI=1S/C14H19N3O2S/c1-8-4-5-10-11(15)12(20-14(10)17-8)13(18)16-9(2)6-7-19-3/h4-5,9H,6-7,15H2,1-3H3,(H,16,18). The third kappa shape index (κ3) is 3.08. The third-order valence-electron chi connectivity index (χ3n) is 3.07. The SMILES string of the molecule is COCCC(C)NC(=O)c1sc2nc(C)ccc2c1N. The number of aromatic nitrogens is 1. The van der Waals surface area contributed by atoms with Crippen molar-refractivity contribution >= 4 is 33.1 Å². The van der Waals surface area contributed by atoms with Crippen molar-refractivity contribution in [3.8, 4) is 0 Å². The van der Waals surface area contributed by atoms with Gasteiger partial charge in [-0.2, -0.15) is 0 Å². The molecule has 0 saturated heterocycles. The summed E-state index contributed by atoms with van der Waals surface area (Å²) < 4.78 is 5.00. The molecule has 5 nitrogen and oxygen atoms in total. The van der Waals surface area contributed by atoms with Crippen molar-refractivity contribution in [2.75, 3.05) is 19.5 Å². The van der Waals surface area contributed by atoms with E-state index < -0.39 is 0 Å². The molecule has 0 aliphatic carbocycles. The van der Waals surface area contributed by atoms with E-state index in [4.69, 9.17) is 10.5 Å². The van der Waals surface area contributed by atoms with Crippen molar-refractivity contribution in [1.82, 2.24) is 10.3 Å². The van der Waals surface area contributed by atoms with Gasteiger partial charge in [0.05, 0.1) is 5.69 Å². The maximum atomic E-state index is 12.2. The first-order valence-electron chi connectivity index (χ1n) is 6.48. The molecule has 0 saturated carbocycles. The summed E-state index contributed by atoms with van der Waals surface area (Å²) in [5.41, 5.74) is 7.47. The van der Waals surface area contributed by atoms with E-state index in [1.807, 2.05) is 26.0 Å². The molecule has 0 fully saturated rings. The molecule has 0 aliphatic rings. The molecule has 1 unspecified atom stereocenters. The van der Waals surface area contributed by atoms with Gasteiger partial charge in [-0.15, -0.1) is 11.3 Å². The Morgan fingerprint density at radius 1 is 1.55 bits per heavy atom. The molecule has 20 heavy (non-hydrogen) atoms. The summed E-state index contributed by atoms with van der Waals surface area (Å²) in [6.07, 6.45) is 0.768. The van der Waals surface area contributed by atoms with E-state index in [2.05, 4.69) is 10.3 Å². The number of ether oxygens (including phenoxy) is 1. The van der Waals surface area contributed by atoms with Crippen LogP contribution in [0.4, 0.5) is 5.69 Å². The number of thiophene rings is 1. The van der Waals surface area contributed by atoms with Crippen molar-refractivity contribution in [2.24, 2.45) is 0 Å². The molecule has 2 rings (SSSR count). The van der Waals surface area contributed by atoms with Crippen LogP contribution in [0.1, 0.15) is 28.7 Å². The Bertz CT molecular complexity index is 624. The summed E-state index contributed by atoms with van der Waals surface area (Å²) in [5, 5.41) is 3.77. The van der Waals surface area contributed by atoms with E-state index in [0.29, 0.717) is 17.2 Å². The molecule has 0 radical (unpaired) electrons. The lowest BCUT2D eigenvalue weighted by Crippen LogP contribution is -2.33. The molecule has 1 amide bonds. The number of anilines is 1. The molecule has 0 spiro atoms. The van der Waals surface area contributed by atoms with Crippen LogP contribution in [0.15, 0.2) is 12.1 Å². The van der Waals surface area contributed by atoms with Gasteiger partial charge in [0.25, 0.3) is 5.91 Å². The highest BCUT2D eigenvalue weighted by atomic mass is 32.1. The lowest BCUT2D eigenvalue weighted by atomic mass is 10.2. The normalized spacial score (nSPS) is 12.6. The Labute approximate surface area is 122 Å². The highest BCUT2D eigenvalue weighted by Gasteiger charge is 2.18. The number of fused-ring (bicyclic) bond motifs is 1. The zero-order chi connectivity index (χ0) is 14.7. The van der Waals surface area contributed by atoms with Gasteiger partial charge in [-0.25, -0.2) is 4.98 Å². The number of aryl methyl sites for hydroxylation is 1. The average Bonchev–Trinajstić information content (AvgIpc) is 2.73. The smallest absolute Gasteiger partial charge is 0.263 e. The molecular weight excluding hydrogens is 274 g/mol. The number of amides is 1. The summed E-state index contributed by atoms with van der Waals surface area (Å²) in [5.74, 6) is -0.147. The van der Waals surface area contributed by atoms with Gasteiger partial charge in [0.2, 0.25) is 0 Å². The first kappa shape index (κ1) is 14.7. The number of pyridine rings is 1. The number of methoxy groups -OCH3 is 1. The summed E-state index contributed by atoms with van der Waals surface area (Å²) in [6, 6.07) is 3.85. The average molecular weight is 293 g/mol. The van der Waals surface area contributed by atoms with Crippen LogP contribution < -0.4 is 11.1 Å². The van der Waals surface area contributed by atoms with E-state index in [1.54, 1.807) is 7.11 Å². The second-order valence-corrected chi connectivity index (χ2v) is 5.81. The highest BCUT2D eigenvalue weighted by Crippen LogP contribution is 2.32. The van der Waals surface area contributed by atoms with Crippen LogP contribution >= 0.6 is 11.3 Å². The number of carbonyl (C=O) groups is 1.